The van der Waals surface area contributed by atoms with Crippen LogP contribution in [0.5, 0.6) is 0 Å². The molecule has 0 radical (unpaired) electrons. The molecule has 212 valence electrons. The molecule has 45 heavy (non-hydrogen) atoms. The van der Waals surface area contributed by atoms with Gasteiger partial charge >= 0.3 is 0 Å². The van der Waals surface area contributed by atoms with Gasteiger partial charge in [-0.1, -0.05) is 139 Å². The molecule has 0 saturated heterocycles. The summed E-state index contributed by atoms with van der Waals surface area (Å²) in [6.07, 6.45) is 0. The van der Waals surface area contributed by atoms with E-state index in [0.717, 1.165) is 49.8 Å². The lowest BCUT2D eigenvalue weighted by atomic mass is 9.99. The van der Waals surface area contributed by atoms with Crippen LogP contribution in [0.4, 0.5) is 17.1 Å². The van der Waals surface area contributed by atoms with Crippen LogP contribution in [0.1, 0.15) is 5.48 Å². The normalized spacial score (nSPS) is 12.4. The Bertz CT molecular complexity index is 2490. The molecular weight excluding hydrogens is 542 g/mol. The van der Waals surface area contributed by atoms with Crippen LogP contribution in [0.3, 0.4) is 0 Å². The first-order chi connectivity index (χ1) is 24.0. The summed E-state index contributed by atoms with van der Waals surface area (Å²) in [5.41, 5.74) is 6.94. The molecule has 1 nitrogen and oxygen atoms in total. The maximum Gasteiger partial charge on any atom is 0.0651 e. The van der Waals surface area contributed by atoms with Gasteiger partial charge in [-0.3, -0.25) is 0 Å². The van der Waals surface area contributed by atoms with Gasteiger partial charge in [0, 0.05) is 17.1 Å². The van der Waals surface area contributed by atoms with Gasteiger partial charge in [-0.25, -0.2) is 0 Å². The van der Waals surface area contributed by atoms with Gasteiger partial charge in [-0.05, 0) is 103 Å². The molecule has 0 aliphatic carbocycles. The van der Waals surface area contributed by atoms with Crippen molar-refractivity contribution in [1.29, 1.82) is 0 Å². The van der Waals surface area contributed by atoms with E-state index in [1.54, 1.807) is 0 Å². The van der Waals surface area contributed by atoms with Crippen molar-refractivity contribution in [2.24, 2.45) is 0 Å². The molecule has 0 saturated carbocycles. The molecule has 0 bridgehead atoms. The minimum absolute atomic E-state index is 0.0320. The van der Waals surface area contributed by atoms with Gasteiger partial charge in [0.05, 0.1) is 5.48 Å². The van der Waals surface area contributed by atoms with Gasteiger partial charge in [0.15, 0.2) is 0 Å². The van der Waals surface area contributed by atoms with Crippen molar-refractivity contribution in [3.63, 3.8) is 0 Å². The van der Waals surface area contributed by atoms with E-state index in [9.17, 15) is 2.74 Å². The molecule has 0 aromatic heterocycles. The lowest BCUT2D eigenvalue weighted by Crippen LogP contribution is -2.10. The Morgan fingerprint density at radius 3 is 1.56 bits per heavy atom. The summed E-state index contributed by atoms with van der Waals surface area (Å²) < 4.78 is 36.8. The molecule has 0 N–H and O–H groups in total. The number of hydrogen-bond donors (Lipinski definition) is 0. The van der Waals surface area contributed by atoms with Crippen LogP contribution < -0.4 is 4.90 Å². The maximum atomic E-state index is 9.62. The molecule has 0 atom stereocenters. The van der Waals surface area contributed by atoms with Crippen LogP contribution in [-0.2, 0) is 0 Å². The second-order valence-corrected chi connectivity index (χ2v) is 11.1. The topological polar surface area (TPSA) is 3.24 Å². The molecule has 0 unspecified atom stereocenters. The van der Waals surface area contributed by atoms with Crippen LogP contribution in [0.15, 0.2) is 188 Å². The Morgan fingerprint density at radius 1 is 0.333 bits per heavy atom. The Labute approximate surface area is 269 Å². The summed E-state index contributed by atoms with van der Waals surface area (Å²) in [4.78, 5) is 1.89. The summed E-state index contributed by atoms with van der Waals surface area (Å²) in [6.45, 7) is 0. The van der Waals surface area contributed by atoms with Gasteiger partial charge in [0.2, 0.25) is 0 Å². The SMILES string of the molecule is [2H]c1c([2H])c(-c2ccc3ccccc3c2)c([2H])c(N(c2ccc(-c3ccccc3)cc2)c2cccc(-c3ccc4ccccc4c3)c2)c1[2H]. The Balaban J connectivity index is 1.34. The highest BCUT2D eigenvalue weighted by Crippen LogP contribution is 2.39. The molecule has 8 aromatic rings. The molecule has 0 fully saturated rings. The van der Waals surface area contributed by atoms with Gasteiger partial charge in [0.25, 0.3) is 0 Å². The second kappa shape index (κ2) is 11.6. The van der Waals surface area contributed by atoms with Gasteiger partial charge < -0.3 is 4.90 Å². The number of rotatable bonds is 6. The van der Waals surface area contributed by atoms with Crippen LogP contribution in [0, 0.1) is 0 Å². The molecule has 0 aliphatic heterocycles. The molecule has 8 aromatic carbocycles. The van der Waals surface area contributed by atoms with E-state index in [2.05, 4.69) is 54.6 Å². The third-order valence-corrected chi connectivity index (χ3v) is 8.29. The zero-order valence-corrected chi connectivity index (χ0v) is 24.5. The number of nitrogens with zero attached hydrogens (tertiary/aromatic N) is 1. The Hall–Kier alpha value is -5.92. The fraction of sp³-hybridized carbons (Fsp3) is 0. The lowest BCUT2D eigenvalue weighted by Gasteiger charge is -2.27. The molecule has 0 heterocycles. The fourth-order valence-corrected chi connectivity index (χ4v) is 5.97. The first kappa shape index (κ1) is 22.6. The molecule has 0 spiro atoms. The summed E-state index contributed by atoms with van der Waals surface area (Å²) in [7, 11) is 0. The van der Waals surface area contributed by atoms with Crippen molar-refractivity contribution in [2.75, 3.05) is 4.90 Å². The molecule has 1 heteroatoms. The van der Waals surface area contributed by atoms with Crippen LogP contribution >= 0.6 is 0 Å². The number of fused-ring (bicyclic) bond motifs is 2. The summed E-state index contributed by atoms with van der Waals surface area (Å²) >= 11 is 0. The summed E-state index contributed by atoms with van der Waals surface area (Å²) in [5, 5.41) is 4.35. The van der Waals surface area contributed by atoms with E-state index >= 15 is 0 Å². The third kappa shape index (κ3) is 5.37. The summed E-state index contributed by atoms with van der Waals surface area (Å²) in [6, 6.07) is 54.4. The zero-order valence-electron chi connectivity index (χ0n) is 28.5. The minimum atomic E-state index is -0.217. The first-order valence-corrected chi connectivity index (χ1v) is 15.1. The quantitative estimate of drug-likeness (QED) is 0.190. The zero-order chi connectivity index (χ0) is 33.5. The summed E-state index contributed by atoms with van der Waals surface area (Å²) in [5.74, 6) is 0. The average molecular weight is 578 g/mol. The van der Waals surface area contributed by atoms with Gasteiger partial charge in [0.1, 0.15) is 0 Å². The highest BCUT2D eigenvalue weighted by molar-refractivity contribution is 5.90. The Kier molecular flexibility index (Phi) is 5.84. The van der Waals surface area contributed by atoms with Crippen molar-refractivity contribution in [3.05, 3.63) is 188 Å². The van der Waals surface area contributed by atoms with Crippen molar-refractivity contribution < 1.29 is 5.48 Å². The third-order valence-electron chi connectivity index (χ3n) is 8.29. The minimum Gasteiger partial charge on any atom is -0.310 e. The highest BCUT2D eigenvalue weighted by atomic mass is 15.1. The van der Waals surface area contributed by atoms with Crippen molar-refractivity contribution in [1.82, 2.24) is 0 Å². The van der Waals surface area contributed by atoms with Crippen molar-refractivity contribution in [2.45, 2.75) is 0 Å². The predicted octanol–water partition coefficient (Wildman–Crippen LogP) is 12.5. The van der Waals surface area contributed by atoms with Crippen LogP contribution in [0.2, 0.25) is 0 Å². The van der Waals surface area contributed by atoms with E-state index in [-0.39, 0.29) is 29.9 Å². The monoisotopic (exact) mass is 577 g/mol. The molecule has 0 amide bonds. The fourth-order valence-electron chi connectivity index (χ4n) is 5.97. The largest absolute Gasteiger partial charge is 0.310 e. The smallest absolute Gasteiger partial charge is 0.0651 e. The van der Waals surface area contributed by atoms with Gasteiger partial charge in [-0.15, -0.1) is 0 Å². The second-order valence-electron chi connectivity index (χ2n) is 11.1. The predicted molar refractivity (Wildman–Crippen MR) is 192 cm³/mol. The molecule has 8 rings (SSSR count). The average Bonchev–Trinajstić information content (AvgIpc) is 3.16. The number of hydrogen-bond acceptors (Lipinski definition) is 1. The standard InChI is InChI=1S/C44H31N/c1-2-10-32(11-3-1)35-24-26-42(27-25-35)45(43-18-8-16-38(30-43)40-22-20-33-12-4-6-14-36(33)28-40)44-19-9-17-39(31-44)41-23-21-34-13-5-7-15-37(34)29-41/h1-31H/i8D,16D,18D,30D. The number of benzene rings is 8. The molecule has 0 aliphatic rings. The maximum absolute atomic E-state index is 9.62. The van der Waals surface area contributed by atoms with E-state index in [1.165, 1.54) is 5.39 Å². The molecular formula is C44H31N. The Morgan fingerprint density at radius 2 is 0.867 bits per heavy atom. The lowest BCUT2D eigenvalue weighted by molar-refractivity contribution is 1.28. The van der Waals surface area contributed by atoms with Crippen LogP contribution in [-0.4, -0.2) is 0 Å². The van der Waals surface area contributed by atoms with Gasteiger partial charge in [-0.2, -0.15) is 0 Å². The van der Waals surface area contributed by atoms with Crippen molar-refractivity contribution >= 4 is 38.6 Å². The van der Waals surface area contributed by atoms with E-state index in [0.29, 0.717) is 11.1 Å². The van der Waals surface area contributed by atoms with E-state index in [4.69, 9.17) is 2.74 Å². The number of anilines is 3. The van der Waals surface area contributed by atoms with E-state index in [1.807, 2.05) is 114 Å². The first-order valence-electron chi connectivity index (χ1n) is 17.1. The van der Waals surface area contributed by atoms with E-state index < -0.39 is 0 Å². The van der Waals surface area contributed by atoms with Crippen LogP contribution in [0.25, 0.3) is 54.9 Å². The highest BCUT2D eigenvalue weighted by Gasteiger charge is 2.15. The van der Waals surface area contributed by atoms with Crippen molar-refractivity contribution in [3.8, 4) is 33.4 Å².